The molecule has 3 aromatic carbocycles. The molecule has 0 aliphatic carbocycles. The van der Waals surface area contributed by atoms with Crippen LogP contribution in [0, 0.1) is 25.2 Å². The van der Waals surface area contributed by atoms with Crippen LogP contribution in [0.1, 0.15) is 23.6 Å². The summed E-state index contributed by atoms with van der Waals surface area (Å²) in [4.78, 5) is 25.0. The maximum atomic E-state index is 12.6. The molecule has 0 atom stereocenters. The first-order valence-electron chi connectivity index (χ1n) is 11.4. The first-order valence-corrected chi connectivity index (χ1v) is 12.1. The fourth-order valence-corrected chi connectivity index (χ4v) is 3.94. The van der Waals surface area contributed by atoms with Crippen LogP contribution in [0.25, 0.3) is 6.08 Å². The molecule has 7 nitrogen and oxygen atoms in total. The average molecular weight is 538 g/mol. The minimum absolute atomic E-state index is 0.119. The molecule has 0 saturated carbocycles. The van der Waals surface area contributed by atoms with Crippen LogP contribution in [0.2, 0.25) is 10.0 Å². The van der Waals surface area contributed by atoms with Crippen molar-refractivity contribution in [3.63, 3.8) is 0 Å². The summed E-state index contributed by atoms with van der Waals surface area (Å²) in [5.41, 5.74) is 3.48. The van der Waals surface area contributed by atoms with Crippen molar-refractivity contribution in [3.05, 3.63) is 86.9 Å². The number of halogens is 2. The van der Waals surface area contributed by atoms with Gasteiger partial charge in [-0.25, -0.2) is 0 Å². The SMILES string of the molecule is CCOc1ccc(NC(=O)/C(C#N)=C/c2cc(Cl)c(OCC(=O)Nc3cccc(C)c3C)c(Cl)c2)cc1. The summed E-state index contributed by atoms with van der Waals surface area (Å²) in [5, 5.41) is 15.2. The third kappa shape index (κ3) is 7.50. The smallest absolute Gasteiger partial charge is 0.266 e. The van der Waals surface area contributed by atoms with Gasteiger partial charge in [0.15, 0.2) is 12.4 Å². The predicted octanol–water partition coefficient (Wildman–Crippen LogP) is 6.57. The molecule has 0 aliphatic rings. The Hall–Kier alpha value is -3.99. The third-order valence-corrected chi connectivity index (χ3v) is 5.91. The Morgan fingerprint density at radius 2 is 1.68 bits per heavy atom. The molecular formula is C28H25Cl2N3O4. The fraction of sp³-hybridized carbons (Fsp3) is 0.179. The second-order valence-electron chi connectivity index (χ2n) is 7.98. The Bertz CT molecular complexity index is 1360. The number of hydrogen-bond donors (Lipinski definition) is 2. The average Bonchev–Trinajstić information content (AvgIpc) is 2.86. The van der Waals surface area contributed by atoms with E-state index in [2.05, 4.69) is 10.6 Å². The van der Waals surface area contributed by atoms with Gasteiger partial charge in [0.2, 0.25) is 0 Å². The quantitative estimate of drug-likeness (QED) is 0.237. The molecule has 3 rings (SSSR count). The summed E-state index contributed by atoms with van der Waals surface area (Å²) in [6.45, 7) is 5.97. The second-order valence-corrected chi connectivity index (χ2v) is 8.79. The predicted molar refractivity (Wildman–Crippen MR) is 146 cm³/mol. The molecule has 0 spiro atoms. The van der Waals surface area contributed by atoms with Crippen LogP contribution >= 0.6 is 23.2 Å². The van der Waals surface area contributed by atoms with Gasteiger partial charge >= 0.3 is 0 Å². The van der Waals surface area contributed by atoms with Crippen LogP contribution in [0.3, 0.4) is 0 Å². The summed E-state index contributed by atoms with van der Waals surface area (Å²) in [5.74, 6) is -0.176. The number of nitriles is 1. The van der Waals surface area contributed by atoms with Gasteiger partial charge < -0.3 is 20.1 Å². The van der Waals surface area contributed by atoms with Gasteiger partial charge in [-0.1, -0.05) is 35.3 Å². The molecule has 9 heteroatoms. The topological polar surface area (TPSA) is 100 Å². The maximum Gasteiger partial charge on any atom is 0.266 e. The molecule has 0 fully saturated rings. The van der Waals surface area contributed by atoms with Gasteiger partial charge in [-0.05, 0) is 86.0 Å². The van der Waals surface area contributed by atoms with Crippen LogP contribution in [0.15, 0.2) is 60.2 Å². The number of nitrogens with zero attached hydrogens (tertiary/aromatic N) is 1. The van der Waals surface area contributed by atoms with E-state index in [0.717, 1.165) is 11.1 Å². The number of aryl methyl sites for hydroxylation is 1. The fourth-order valence-electron chi connectivity index (χ4n) is 3.33. The third-order valence-electron chi connectivity index (χ3n) is 5.35. The van der Waals surface area contributed by atoms with Crippen LogP contribution < -0.4 is 20.1 Å². The zero-order valence-corrected chi connectivity index (χ0v) is 22.0. The minimum atomic E-state index is -0.595. The minimum Gasteiger partial charge on any atom is -0.494 e. The maximum absolute atomic E-state index is 12.6. The van der Waals surface area contributed by atoms with E-state index in [1.165, 1.54) is 18.2 Å². The highest BCUT2D eigenvalue weighted by molar-refractivity contribution is 6.37. The summed E-state index contributed by atoms with van der Waals surface area (Å²) in [6.07, 6.45) is 1.36. The van der Waals surface area contributed by atoms with Crippen molar-refractivity contribution in [1.29, 1.82) is 5.26 Å². The van der Waals surface area contributed by atoms with Gasteiger partial charge in [0.25, 0.3) is 11.8 Å². The molecule has 0 unspecified atom stereocenters. The molecule has 0 heterocycles. The molecule has 0 aliphatic heterocycles. The van der Waals surface area contributed by atoms with E-state index in [1.54, 1.807) is 30.3 Å². The van der Waals surface area contributed by atoms with Crippen LogP contribution in [-0.4, -0.2) is 25.0 Å². The van der Waals surface area contributed by atoms with E-state index in [4.69, 9.17) is 32.7 Å². The van der Waals surface area contributed by atoms with Gasteiger partial charge in [0.1, 0.15) is 17.4 Å². The Morgan fingerprint density at radius 1 is 1.00 bits per heavy atom. The van der Waals surface area contributed by atoms with Crippen molar-refractivity contribution in [2.75, 3.05) is 23.8 Å². The lowest BCUT2D eigenvalue weighted by Gasteiger charge is -2.13. The van der Waals surface area contributed by atoms with E-state index in [1.807, 2.05) is 39.0 Å². The highest BCUT2D eigenvalue weighted by Gasteiger charge is 2.15. The summed E-state index contributed by atoms with van der Waals surface area (Å²) in [7, 11) is 0. The Labute approximate surface area is 225 Å². The van der Waals surface area contributed by atoms with Crippen molar-refractivity contribution in [2.24, 2.45) is 0 Å². The highest BCUT2D eigenvalue weighted by Crippen LogP contribution is 2.35. The first kappa shape index (κ1) is 27.6. The van der Waals surface area contributed by atoms with Crippen LogP contribution in [-0.2, 0) is 9.59 Å². The first-order chi connectivity index (χ1) is 17.7. The Balaban J connectivity index is 1.68. The lowest BCUT2D eigenvalue weighted by atomic mass is 10.1. The van der Waals surface area contributed by atoms with Gasteiger partial charge in [-0.3, -0.25) is 9.59 Å². The Kier molecular flexibility index (Phi) is 9.56. The largest absolute Gasteiger partial charge is 0.494 e. The van der Waals surface area contributed by atoms with Crippen molar-refractivity contribution in [2.45, 2.75) is 20.8 Å². The number of carbonyl (C=O) groups excluding carboxylic acids is 2. The van der Waals surface area contributed by atoms with Gasteiger partial charge in [-0.2, -0.15) is 5.26 Å². The number of hydrogen-bond acceptors (Lipinski definition) is 5. The highest BCUT2D eigenvalue weighted by atomic mass is 35.5. The number of amides is 2. The number of rotatable bonds is 9. The van der Waals surface area contributed by atoms with E-state index in [0.29, 0.717) is 29.3 Å². The summed E-state index contributed by atoms with van der Waals surface area (Å²) < 4.78 is 10.9. The number of anilines is 2. The summed E-state index contributed by atoms with van der Waals surface area (Å²) >= 11 is 12.7. The van der Waals surface area contributed by atoms with Crippen LogP contribution in [0.4, 0.5) is 11.4 Å². The molecule has 0 bridgehead atoms. The van der Waals surface area contributed by atoms with E-state index in [-0.39, 0.29) is 33.9 Å². The summed E-state index contributed by atoms with van der Waals surface area (Å²) in [6, 6.07) is 17.3. The lowest BCUT2D eigenvalue weighted by Crippen LogP contribution is -2.21. The molecule has 0 radical (unpaired) electrons. The zero-order chi connectivity index (χ0) is 26.9. The van der Waals surface area contributed by atoms with E-state index < -0.39 is 5.91 Å². The molecule has 3 aromatic rings. The monoisotopic (exact) mass is 537 g/mol. The molecule has 190 valence electrons. The van der Waals surface area contributed by atoms with Crippen molar-refractivity contribution >= 4 is 52.5 Å². The lowest BCUT2D eigenvalue weighted by molar-refractivity contribution is -0.118. The standard InChI is InChI=1S/C28H25Cl2N3O4/c1-4-36-22-10-8-21(9-11-22)32-28(35)20(15-31)12-19-13-23(29)27(24(30)14-19)37-16-26(34)33-25-7-5-6-17(2)18(25)3/h5-14H,4,16H2,1-3H3,(H,32,35)(H,33,34)/b20-12+. The Morgan fingerprint density at radius 3 is 2.30 bits per heavy atom. The number of carbonyl (C=O) groups is 2. The van der Waals surface area contributed by atoms with Gasteiger partial charge in [0.05, 0.1) is 16.7 Å². The number of ether oxygens (including phenoxy) is 2. The van der Waals surface area contributed by atoms with Crippen molar-refractivity contribution in [3.8, 4) is 17.6 Å². The molecular weight excluding hydrogens is 513 g/mol. The molecule has 0 aromatic heterocycles. The number of nitrogens with one attached hydrogen (secondary N) is 2. The second kappa shape index (κ2) is 12.8. The van der Waals surface area contributed by atoms with Crippen molar-refractivity contribution in [1.82, 2.24) is 0 Å². The normalized spacial score (nSPS) is 10.9. The number of benzene rings is 3. The zero-order valence-electron chi connectivity index (χ0n) is 20.5. The molecule has 2 amide bonds. The van der Waals surface area contributed by atoms with Gasteiger partial charge in [0, 0.05) is 11.4 Å². The van der Waals surface area contributed by atoms with E-state index >= 15 is 0 Å². The van der Waals surface area contributed by atoms with Gasteiger partial charge in [-0.15, -0.1) is 0 Å². The van der Waals surface area contributed by atoms with Crippen LogP contribution in [0.5, 0.6) is 11.5 Å². The molecule has 0 saturated heterocycles. The molecule has 37 heavy (non-hydrogen) atoms. The molecule has 2 N–H and O–H groups in total. The van der Waals surface area contributed by atoms with E-state index in [9.17, 15) is 14.9 Å². The van der Waals surface area contributed by atoms with Crippen molar-refractivity contribution < 1.29 is 19.1 Å².